The van der Waals surface area contributed by atoms with E-state index < -0.39 is 11.7 Å². The van der Waals surface area contributed by atoms with E-state index in [2.05, 4.69) is 12.2 Å². The average Bonchev–Trinajstić information content (AvgIpc) is 2.45. The van der Waals surface area contributed by atoms with Crippen molar-refractivity contribution in [3.63, 3.8) is 0 Å². The average molecular weight is 320 g/mol. The Kier molecular flexibility index (Phi) is 4.70. The standard InChI is InChI=1S/C13H15F3N2O2S/c14-13(15,16)11-5-8(1-2-10(11)12(17)21)18-3-4-20-7-9(18)6-19/h1-2,5,9,19H,3-4,6-7H2,(H2,17,21). The molecule has 0 saturated carbocycles. The Labute approximate surface area is 125 Å². The van der Waals surface area contributed by atoms with Crippen LogP contribution in [-0.2, 0) is 10.9 Å². The lowest BCUT2D eigenvalue weighted by molar-refractivity contribution is -0.137. The Balaban J connectivity index is 2.44. The van der Waals surface area contributed by atoms with Gasteiger partial charge in [-0.2, -0.15) is 13.2 Å². The first-order valence-corrected chi connectivity index (χ1v) is 6.71. The molecule has 8 heteroatoms. The fourth-order valence-electron chi connectivity index (χ4n) is 2.31. The summed E-state index contributed by atoms with van der Waals surface area (Å²) in [7, 11) is 0. The van der Waals surface area contributed by atoms with Crippen LogP contribution in [0.1, 0.15) is 11.1 Å². The number of aliphatic hydroxyl groups excluding tert-OH is 1. The zero-order chi connectivity index (χ0) is 15.6. The number of rotatable bonds is 3. The molecule has 0 radical (unpaired) electrons. The van der Waals surface area contributed by atoms with Crippen LogP contribution in [0.2, 0.25) is 0 Å². The number of anilines is 1. The summed E-state index contributed by atoms with van der Waals surface area (Å²) in [4.78, 5) is 1.40. The Morgan fingerprint density at radius 2 is 2.19 bits per heavy atom. The van der Waals surface area contributed by atoms with Gasteiger partial charge in [-0.25, -0.2) is 0 Å². The van der Waals surface area contributed by atoms with Gasteiger partial charge in [0.05, 0.1) is 31.4 Å². The van der Waals surface area contributed by atoms with Crippen LogP contribution in [0.4, 0.5) is 18.9 Å². The van der Waals surface area contributed by atoms with Crippen molar-refractivity contribution < 1.29 is 23.0 Å². The minimum absolute atomic E-state index is 0.196. The van der Waals surface area contributed by atoms with Crippen molar-refractivity contribution in [2.75, 3.05) is 31.3 Å². The van der Waals surface area contributed by atoms with Gasteiger partial charge in [0.25, 0.3) is 0 Å². The topological polar surface area (TPSA) is 58.7 Å². The van der Waals surface area contributed by atoms with Gasteiger partial charge in [0.15, 0.2) is 0 Å². The van der Waals surface area contributed by atoms with Gasteiger partial charge >= 0.3 is 6.18 Å². The number of morpholine rings is 1. The lowest BCUT2D eigenvalue weighted by Crippen LogP contribution is -2.47. The Morgan fingerprint density at radius 3 is 2.76 bits per heavy atom. The van der Waals surface area contributed by atoms with Crippen molar-refractivity contribution in [1.82, 2.24) is 0 Å². The summed E-state index contributed by atoms with van der Waals surface area (Å²) in [5.74, 6) is 0. The molecule has 0 aromatic heterocycles. The molecule has 0 amide bonds. The van der Waals surface area contributed by atoms with Gasteiger partial charge in [0.1, 0.15) is 4.99 Å². The molecule has 4 nitrogen and oxygen atoms in total. The number of halogens is 3. The number of ether oxygens (including phenoxy) is 1. The molecule has 0 bridgehead atoms. The molecule has 2 rings (SSSR count). The molecule has 1 heterocycles. The highest BCUT2D eigenvalue weighted by Gasteiger charge is 2.35. The van der Waals surface area contributed by atoms with Gasteiger partial charge in [-0.15, -0.1) is 0 Å². The molecule has 1 aromatic rings. The summed E-state index contributed by atoms with van der Waals surface area (Å²) in [6.07, 6.45) is -4.55. The molecule has 1 saturated heterocycles. The summed E-state index contributed by atoms with van der Waals surface area (Å²) in [5, 5.41) is 9.31. The second-order valence-corrected chi connectivity index (χ2v) is 5.14. The van der Waals surface area contributed by atoms with Gasteiger partial charge in [-0.3, -0.25) is 0 Å². The van der Waals surface area contributed by atoms with E-state index in [0.29, 0.717) is 18.8 Å². The number of aliphatic hydroxyl groups is 1. The Morgan fingerprint density at radius 1 is 1.48 bits per heavy atom. The minimum atomic E-state index is -4.55. The molecule has 0 spiro atoms. The van der Waals surface area contributed by atoms with Gasteiger partial charge in [0.2, 0.25) is 0 Å². The number of benzene rings is 1. The summed E-state index contributed by atoms with van der Waals surface area (Å²) >= 11 is 4.67. The lowest BCUT2D eigenvalue weighted by Gasteiger charge is -2.36. The number of thiocarbonyl (C=S) groups is 1. The second kappa shape index (κ2) is 6.17. The zero-order valence-corrected chi connectivity index (χ0v) is 11.9. The molecule has 1 unspecified atom stereocenters. The Bertz CT molecular complexity index is 537. The first-order chi connectivity index (χ1) is 9.84. The fourth-order valence-corrected chi connectivity index (χ4v) is 2.48. The van der Waals surface area contributed by atoms with E-state index in [9.17, 15) is 18.3 Å². The highest BCUT2D eigenvalue weighted by Crippen LogP contribution is 2.35. The minimum Gasteiger partial charge on any atom is -0.394 e. The van der Waals surface area contributed by atoms with Gasteiger partial charge in [0, 0.05) is 17.8 Å². The third-order valence-electron chi connectivity index (χ3n) is 3.34. The van der Waals surface area contributed by atoms with Crippen LogP contribution in [0, 0.1) is 0 Å². The van der Waals surface area contributed by atoms with Gasteiger partial charge < -0.3 is 20.5 Å². The van der Waals surface area contributed by atoms with Crippen LogP contribution in [0.5, 0.6) is 0 Å². The molecule has 116 valence electrons. The Hall–Kier alpha value is -1.38. The van der Waals surface area contributed by atoms with E-state index in [1.54, 1.807) is 4.90 Å². The zero-order valence-electron chi connectivity index (χ0n) is 11.1. The maximum Gasteiger partial charge on any atom is 0.417 e. The summed E-state index contributed by atoms with van der Waals surface area (Å²) in [6, 6.07) is 3.44. The van der Waals surface area contributed by atoms with E-state index in [0.717, 1.165) is 6.07 Å². The second-order valence-electron chi connectivity index (χ2n) is 4.70. The number of nitrogens with two attached hydrogens (primary N) is 1. The van der Waals surface area contributed by atoms with Crippen LogP contribution in [0.25, 0.3) is 0 Å². The lowest BCUT2D eigenvalue weighted by atomic mass is 10.0. The van der Waals surface area contributed by atoms with Gasteiger partial charge in [-0.1, -0.05) is 12.2 Å². The monoisotopic (exact) mass is 320 g/mol. The third kappa shape index (κ3) is 3.45. The van der Waals surface area contributed by atoms with Crippen molar-refractivity contribution in [3.05, 3.63) is 29.3 Å². The van der Waals surface area contributed by atoms with Crippen LogP contribution in [0.3, 0.4) is 0 Å². The molecule has 1 aliphatic rings. The first kappa shape index (κ1) is 16.0. The van der Waals surface area contributed by atoms with E-state index in [1.165, 1.54) is 12.1 Å². The molecule has 1 atom stereocenters. The van der Waals surface area contributed by atoms with Crippen LogP contribution in [0.15, 0.2) is 18.2 Å². The number of nitrogens with zero attached hydrogens (tertiary/aromatic N) is 1. The van der Waals surface area contributed by atoms with E-state index in [1.807, 2.05) is 0 Å². The largest absolute Gasteiger partial charge is 0.417 e. The highest BCUT2D eigenvalue weighted by molar-refractivity contribution is 7.80. The molecule has 21 heavy (non-hydrogen) atoms. The van der Waals surface area contributed by atoms with Crippen molar-refractivity contribution in [3.8, 4) is 0 Å². The van der Waals surface area contributed by atoms with E-state index in [-0.39, 0.29) is 29.8 Å². The van der Waals surface area contributed by atoms with E-state index >= 15 is 0 Å². The molecular weight excluding hydrogens is 305 g/mol. The summed E-state index contributed by atoms with van der Waals surface area (Å²) in [6.45, 7) is 0.886. The fraction of sp³-hybridized carbons (Fsp3) is 0.462. The van der Waals surface area contributed by atoms with E-state index in [4.69, 9.17) is 10.5 Å². The SMILES string of the molecule is NC(=S)c1ccc(N2CCOCC2CO)cc1C(F)(F)F. The predicted octanol–water partition coefficient (Wildman–Crippen LogP) is 1.54. The predicted molar refractivity (Wildman–Crippen MR) is 76.4 cm³/mol. The molecule has 1 aromatic carbocycles. The highest BCUT2D eigenvalue weighted by atomic mass is 32.1. The van der Waals surface area contributed by atoms with Crippen molar-refractivity contribution in [2.45, 2.75) is 12.2 Å². The molecular formula is C13H15F3N2O2S. The smallest absolute Gasteiger partial charge is 0.394 e. The number of hydrogen-bond donors (Lipinski definition) is 2. The van der Waals surface area contributed by atoms with Crippen molar-refractivity contribution in [1.29, 1.82) is 0 Å². The molecule has 3 N–H and O–H groups in total. The quantitative estimate of drug-likeness (QED) is 0.828. The van der Waals surface area contributed by atoms with Gasteiger partial charge in [-0.05, 0) is 18.2 Å². The number of alkyl halides is 3. The molecule has 1 aliphatic heterocycles. The third-order valence-corrected chi connectivity index (χ3v) is 3.56. The van der Waals surface area contributed by atoms with Crippen LogP contribution < -0.4 is 10.6 Å². The maximum absolute atomic E-state index is 13.1. The molecule has 0 aliphatic carbocycles. The first-order valence-electron chi connectivity index (χ1n) is 6.31. The van der Waals surface area contributed by atoms with Crippen LogP contribution >= 0.6 is 12.2 Å². The molecule has 1 fully saturated rings. The maximum atomic E-state index is 13.1. The summed E-state index contributed by atoms with van der Waals surface area (Å²) < 4.78 is 44.6. The van der Waals surface area contributed by atoms with Crippen molar-refractivity contribution >= 4 is 22.9 Å². The normalized spacial score (nSPS) is 19.6. The van der Waals surface area contributed by atoms with Crippen LogP contribution in [-0.4, -0.2) is 42.5 Å². The van der Waals surface area contributed by atoms with Crippen molar-refractivity contribution in [2.24, 2.45) is 5.73 Å². The summed E-state index contributed by atoms with van der Waals surface area (Å²) in [5.41, 5.74) is 4.65. The number of hydrogen-bond acceptors (Lipinski definition) is 4.